The zero-order valence-corrected chi connectivity index (χ0v) is 15.4. The van der Waals surface area contributed by atoms with Crippen molar-refractivity contribution >= 4 is 11.9 Å². The van der Waals surface area contributed by atoms with E-state index in [-0.39, 0.29) is 12.4 Å². The Kier molecular flexibility index (Phi) is 17.0. The molecule has 0 unspecified atom stereocenters. The summed E-state index contributed by atoms with van der Waals surface area (Å²) < 4.78 is 5.07. The first-order valence-electron chi connectivity index (χ1n) is 9.73. The van der Waals surface area contributed by atoms with Crippen molar-refractivity contribution in [1.82, 2.24) is 0 Å². The predicted octanol–water partition coefficient (Wildman–Crippen LogP) is 6.00. The smallest absolute Gasteiger partial charge is 0.310 e. The van der Waals surface area contributed by atoms with Crippen LogP contribution in [0.15, 0.2) is 12.3 Å². The van der Waals surface area contributed by atoms with E-state index in [9.17, 15) is 9.59 Å². The van der Waals surface area contributed by atoms with E-state index >= 15 is 0 Å². The molecule has 0 spiro atoms. The second-order valence-electron chi connectivity index (χ2n) is 6.43. The topological polar surface area (TPSA) is 63.6 Å². The van der Waals surface area contributed by atoms with Crippen LogP contribution in [0.5, 0.6) is 0 Å². The molecule has 0 saturated carbocycles. The van der Waals surface area contributed by atoms with E-state index in [1.54, 1.807) is 6.26 Å². The second kappa shape index (κ2) is 18.0. The number of carboxylic acids is 1. The number of carbonyl (C=O) groups is 2. The number of ether oxygens (including phenoxy) is 1. The van der Waals surface area contributed by atoms with Gasteiger partial charge in [0.1, 0.15) is 0 Å². The molecule has 0 saturated heterocycles. The summed E-state index contributed by atoms with van der Waals surface area (Å²) in [6.07, 6.45) is 18.5. The molecule has 0 aliphatic carbocycles. The maximum absolute atomic E-state index is 11.5. The molecule has 140 valence electrons. The van der Waals surface area contributed by atoms with E-state index in [1.165, 1.54) is 38.5 Å². The molecule has 0 fully saturated rings. The van der Waals surface area contributed by atoms with E-state index in [2.05, 4.69) is 6.92 Å². The summed E-state index contributed by atoms with van der Waals surface area (Å²) in [4.78, 5) is 21.9. The highest BCUT2D eigenvalue weighted by atomic mass is 16.5. The van der Waals surface area contributed by atoms with Crippen LogP contribution in [0.2, 0.25) is 0 Å². The molecule has 0 amide bonds. The van der Waals surface area contributed by atoms with E-state index in [4.69, 9.17) is 9.84 Å². The van der Waals surface area contributed by atoms with Gasteiger partial charge in [-0.15, -0.1) is 0 Å². The van der Waals surface area contributed by atoms with Gasteiger partial charge < -0.3 is 9.84 Å². The van der Waals surface area contributed by atoms with Crippen molar-refractivity contribution in [2.75, 3.05) is 0 Å². The van der Waals surface area contributed by atoms with Crippen LogP contribution in [0.25, 0.3) is 0 Å². The Hall–Kier alpha value is -1.32. The Morgan fingerprint density at radius 1 is 0.792 bits per heavy atom. The van der Waals surface area contributed by atoms with Crippen molar-refractivity contribution in [3.05, 3.63) is 12.3 Å². The first-order chi connectivity index (χ1) is 11.7. The minimum absolute atomic E-state index is 0.153. The summed E-state index contributed by atoms with van der Waals surface area (Å²) in [7, 11) is 0. The predicted molar refractivity (Wildman–Crippen MR) is 97.8 cm³/mol. The fraction of sp³-hybridized carbons (Fsp3) is 0.800. The maximum atomic E-state index is 11.5. The number of carboxylic acid groups (broad SMARTS) is 1. The first kappa shape index (κ1) is 22.7. The van der Waals surface area contributed by atoms with Crippen LogP contribution in [0, 0.1) is 0 Å². The van der Waals surface area contributed by atoms with Gasteiger partial charge in [0.05, 0.1) is 6.26 Å². The number of rotatable bonds is 17. The fourth-order valence-corrected chi connectivity index (χ4v) is 2.55. The molecule has 24 heavy (non-hydrogen) atoms. The molecule has 0 heterocycles. The van der Waals surface area contributed by atoms with E-state index < -0.39 is 5.97 Å². The molecule has 0 aromatic carbocycles. The van der Waals surface area contributed by atoms with Crippen LogP contribution in [-0.4, -0.2) is 17.0 Å². The lowest BCUT2D eigenvalue weighted by atomic mass is 10.1. The summed E-state index contributed by atoms with van der Waals surface area (Å²) in [6, 6.07) is 0. The van der Waals surface area contributed by atoms with Gasteiger partial charge in [0, 0.05) is 12.8 Å². The average Bonchev–Trinajstić information content (AvgIpc) is 2.55. The third-order valence-electron chi connectivity index (χ3n) is 4.04. The van der Waals surface area contributed by atoms with Crippen molar-refractivity contribution in [3.63, 3.8) is 0 Å². The van der Waals surface area contributed by atoms with Crippen molar-refractivity contribution in [2.24, 2.45) is 0 Å². The highest BCUT2D eigenvalue weighted by Crippen LogP contribution is 2.10. The van der Waals surface area contributed by atoms with Crippen LogP contribution >= 0.6 is 0 Å². The van der Waals surface area contributed by atoms with Crippen LogP contribution in [0.3, 0.4) is 0 Å². The van der Waals surface area contributed by atoms with Gasteiger partial charge >= 0.3 is 11.9 Å². The van der Waals surface area contributed by atoms with Crippen molar-refractivity contribution in [3.8, 4) is 0 Å². The summed E-state index contributed by atoms with van der Waals surface area (Å²) in [5.41, 5.74) is 0. The molecular formula is C20H36O4. The molecule has 0 radical (unpaired) electrons. The van der Waals surface area contributed by atoms with Gasteiger partial charge in [0.2, 0.25) is 0 Å². The molecule has 4 nitrogen and oxygen atoms in total. The van der Waals surface area contributed by atoms with Crippen molar-refractivity contribution in [2.45, 2.75) is 103 Å². The van der Waals surface area contributed by atoms with Crippen LogP contribution in [-0.2, 0) is 14.3 Å². The molecule has 0 rings (SSSR count). The van der Waals surface area contributed by atoms with Crippen LogP contribution in [0.1, 0.15) is 103 Å². The molecule has 4 heteroatoms. The Bertz CT molecular complexity index is 337. The standard InChI is InChI=1S/C20H36O4/c1-2-3-4-5-6-9-12-15-18-24-20(23)17-14-11-8-7-10-13-16-19(21)22/h15,18H,2-14,16-17H2,1H3,(H,21,22). The highest BCUT2D eigenvalue weighted by molar-refractivity contribution is 5.69. The number of esters is 1. The number of allylic oxidation sites excluding steroid dienone is 1. The quantitative estimate of drug-likeness (QED) is 0.200. The third-order valence-corrected chi connectivity index (χ3v) is 4.04. The normalized spacial score (nSPS) is 11.0. The maximum Gasteiger partial charge on any atom is 0.310 e. The highest BCUT2D eigenvalue weighted by Gasteiger charge is 2.01. The second-order valence-corrected chi connectivity index (χ2v) is 6.43. The number of unbranched alkanes of at least 4 members (excludes halogenated alkanes) is 11. The zero-order chi connectivity index (χ0) is 17.9. The third kappa shape index (κ3) is 18.7. The fourth-order valence-electron chi connectivity index (χ4n) is 2.55. The molecule has 0 aliphatic rings. The molecular weight excluding hydrogens is 304 g/mol. The number of carbonyl (C=O) groups excluding carboxylic acids is 1. The Morgan fingerprint density at radius 2 is 1.33 bits per heavy atom. The Labute approximate surface area is 147 Å². The molecule has 0 aromatic rings. The molecule has 0 atom stereocenters. The van der Waals surface area contributed by atoms with Crippen LogP contribution < -0.4 is 0 Å². The van der Waals surface area contributed by atoms with E-state index in [0.717, 1.165) is 44.9 Å². The molecule has 1 N–H and O–H groups in total. The van der Waals surface area contributed by atoms with Gasteiger partial charge in [0.15, 0.2) is 0 Å². The van der Waals surface area contributed by atoms with Gasteiger partial charge in [0.25, 0.3) is 0 Å². The number of aliphatic carboxylic acids is 1. The minimum atomic E-state index is -0.720. The van der Waals surface area contributed by atoms with Gasteiger partial charge in [-0.05, 0) is 31.8 Å². The van der Waals surface area contributed by atoms with Gasteiger partial charge in [-0.3, -0.25) is 9.59 Å². The monoisotopic (exact) mass is 340 g/mol. The first-order valence-corrected chi connectivity index (χ1v) is 9.73. The van der Waals surface area contributed by atoms with Gasteiger partial charge in [-0.25, -0.2) is 0 Å². The molecule has 0 aromatic heterocycles. The summed E-state index contributed by atoms with van der Waals surface area (Å²) >= 11 is 0. The lowest BCUT2D eigenvalue weighted by molar-refractivity contribution is -0.138. The minimum Gasteiger partial charge on any atom is -0.481 e. The Morgan fingerprint density at radius 3 is 1.96 bits per heavy atom. The molecule has 0 bridgehead atoms. The molecule has 0 aliphatic heterocycles. The lowest BCUT2D eigenvalue weighted by Gasteiger charge is -2.01. The summed E-state index contributed by atoms with van der Waals surface area (Å²) in [5.74, 6) is -0.873. The van der Waals surface area contributed by atoms with E-state index in [1.807, 2.05) is 6.08 Å². The SMILES string of the molecule is CCCCCCCCC=COC(=O)CCCCCCCCC(=O)O. The lowest BCUT2D eigenvalue weighted by Crippen LogP contribution is -1.99. The largest absolute Gasteiger partial charge is 0.481 e. The summed E-state index contributed by atoms with van der Waals surface area (Å²) in [5, 5.41) is 8.52. The van der Waals surface area contributed by atoms with Crippen LogP contribution in [0.4, 0.5) is 0 Å². The number of hydrogen-bond donors (Lipinski definition) is 1. The zero-order valence-electron chi connectivity index (χ0n) is 15.4. The van der Waals surface area contributed by atoms with Crippen molar-refractivity contribution in [1.29, 1.82) is 0 Å². The summed E-state index contributed by atoms with van der Waals surface area (Å²) in [6.45, 7) is 2.22. The van der Waals surface area contributed by atoms with Gasteiger partial charge in [-0.2, -0.15) is 0 Å². The number of hydrogen-bond acceptors (Lipinski definition) is 3. The van der Waals surface area contributed by atoms with Crippen molar-refractivity contribution < 1.29 is 19.4 Å². The van der Waals surface area contributed by atoms with E-state index in [0.29, 0.717) is 6.42 Å². The van der Waals surface area contributed by atoms with Gasteiger partial charge in [-0.1, -0.05) is 64.7 Å². The average molecular weight is 341 g/mol. The Balaban J connectivity index is 3.28.